The molecule has 0 spiro atoms. The smallest absolute Gasteiger partial charge is 0.219 e. The molecule has 1 fully saturated rings. The van der Waals surface area contributed by atoms with Crippen molar-refractivity contribution >= 4 is 5.91 Å². The van der Waals surface area contributed by atoms with Gasteiger partial charge in [-0.3, -0.25) is 9.69 Å². The lowest BCUT2D eigenvalue weighted by molar-refractivity contribution is -0.119. The normalized spacial score (nSPS) is 30.1. The molecule has 0 aromatic heterocycles. The van der Waals surface area contributed by atoms with E-state index in [4.69, 9.17) is 11.5 Å². The van der Waals surface area contributed by atoms with Crippen LogP contribution in [-0.2, 0) is 4.79 Å². The topological polar surface area (TPSA) is 72.3 Å². The van der Waals surface area contributed by atoms with Gasteiger partial charge in [0.2, 0.25) is 5.91 Å². The largest absolute Gasteiger partial charge is 0.370 e. The van der Waals surface area contributed by atoms with Gasteiger partial charge in [-0.1, -0.05) is 6.92 Å². The van der Waals surface area contributed by atoms with E-state index in [0.717, 1.165) is 6.54 Å². The number of hydrogen-bond acceptors (Lipinski definition) is 3. The molecule has 4 N–H and O–H groups in total. The van der Waals surface area contributed by atoms with Crippen LogP contribution in [-0.4, -0.2) is 36.0 Å². The summed E-state index contributed by atoms with van der Waals surface area (Å²) in [5.74, 6) is 0.444. The Balaban J connectivity index is 2.59. The Bertz CT molecular complexity index is 220. The predicted molar refractivity (Wildman–Crippen MR) is 61.2 cm³/mol. The molecule has 4 nitrogen and oxygen atoms in total. The van der Waals surface area contributed by atoms with Crippen LogP contribution in [0.4, 0.5) is 0 Å². The lowest BCUT2D eigenvalue weighted by atomic mass is 9.92. The van der Waals surface area contributed by atoms with Crippen molar-refractivity contribution in [1.82, 2.24) is 4.90 Å². The van der Waals surface area contributed by atoms with Crippen molar-refractivity contribution in [3.63, 3.8) is 0 Å². The van der Waals surface area contributed by atoms with Crippen LogP contribution in [0.3, 0.4) is 0 Å². The second-order valence-electron chi connectivity index (χ2n) is 4.79. The number of rotatable bonds is 4. The third-order valence-corrected chi connectivity index (χ3v) is 3.34. The molecule has 1 aliphatic heterocycles. The van der Waals surface area contributed by atoms with Gasteiger partial charge >= 0.3 is 0 Å². The molecule has 0 aromatic rings. The summed E-state index contributed by atoms with van der Waals surface area (Å²) in [6.07, 6.45) is 2.84. The van der Waals surface area contributed by atoms with Gasteiger partial charge in [0.1, 0.15) is 0 Å². The molecule has 0 radical (unpaired) electrons. The highest BCUT2D eigenvalue weighted by molar-refractivity contribution is 5.74. The maximum absolute atomic E-state index is 10.9. The van der Waals surface area contributed by atoms with E-state index in [0.29, 0.717) is 24.9 Å². The van der Waals surface area contributed by atoms with E-state index in [1.165, 1.54) is 12.8 Å². The fraction of sp³-hybridized carbons (Fsp3) is 0.909. The highest BCUT2D eigenvalue weighted by Gasteiger charge is 2.28. The summed E-state index contributed by atoms with van der Waals surface area (Å²) in [5, 5.41) is 0. The predicted octanol–water partition coefficient (Wildman–Crippen LogP) is 0.310. The van der Waals surface area contributed by atoms with Crippen LogP contribution in [0, 0.1) is 5.92 Å². The van der Waals surface area contributed by atoms with Crippen molar-refractivity contribution < 1.29 is 4.79 Å². The first-order valence-corrected chi connectivity index (χ1v) is 5.78. The van der Waals surface area contributed by atoms with Gasteiger partial charge in [0.15, 0.2) is 0 Å². The molecular formula is C11H23N3O. The minimum Gasteiger partial charge on any atom is -0.370 e. The highest BCUT2D eigenvalue weighted by atomic mass is 16.1. The Hall–Kier alpha value is -0.610. The maximum atomic E-state index is 10.9. The lowest BCUT2D eigenvalue weighted by Crippen LogP contribution is -2.51. The fourth-order valence-corrected chi connectivity index (χ4v) is 2.40. The van der Waals surface area contributed by atoms with Gasteiger partial charge in [0.25, 0.3) is 0 Å². The van der Waals surface area contributed by atoms with Gasteiger partial charge in [-0.05, 0) is 25.7 Å². The second-order valence-corrected chi connectivity index (χ2v) is 4.79. The number of carbonyl (C=O) groups is 1. The Morgan fingerprint density at radius 3 is 2.67 bits per heavy atom. The molecule has 1 saturated heterocycles. The van der Waals surface area contributed by atoms with Crippen molar-refractivity contribution in [3.8, 4) is 0 Å². The van der Waals surface area contributed by atoms with E-state index in [-0.39, 0.29) is 11.9 Å². The summed E-state index contributed by atoms with van der Waals surface area (Å²) in [7, 11) is 0. The van der Waals surface area contributed by atoms with Gasteiger partial charge in [-0.2, -0.15) is 0 Å². The van der Waals surface area contributed by atoms with E-state index < -0.39 is 0 Å². The van der Waals surface area contributed by atoms with Crippen molar-refractivity contribution in [3.05, 3.63) is 0 Å². The summed E-state index contributed by atoms with van der Waals surface area (Å²) >= 11 is 0. The first kappa shape index (κ1) is 12.5. The summed E-state index contributed by atoms with van der Waals surface area (Å²) < 4.78 is 0. The standard InChI is InChI=1S/C11H23N3O/c1-8-3-4-9(2)14(7-8)10(6-12)5-11(13)15/h8-10H,3-7,12H2,1-2H3,(H2,13,15). The molecular weight excluding hydrogens is 190 g/mol. The third kappa shape index (κ3) is 3.47. The first-order valence-electron chi connectivity index (χ1n) is 5.78. The molecule has 0 bridgehead atoms. The number of likely N-dealkylation sites (tertiary alicyclic amines) is 1. The molecule has 1 amide bonds. The Labute approximate surface area is 92.0 Å². The molecule has 1 rings (SSSR count). The number of hydrogen-bond donors (Lipinski definition) is 2. The van der Waals surface area contributed by atoms with Crippen LogP contribution >= 0.6 is 0 Å². The molecule has 4 heteroatoms. The average Bonchev–Trinajstić information content (AvgIpc) is 2.18. The first-order chi connectivity index (χ1) is 7.04. The molecule has 1 aliphatic rings. The van der Waals surface area contributed by atoms with E-state index in [1.54, 1.807) is 0 Å². The summed E-state index contributed by atoms with van der Waals surface area (Å²) in [6.45, 7) is 6.00. The Kier molecular flexibility index (Phi) is 4.54. The number of piperidine rings is 1. The van der Waals surface area contributed by atoms with Crippen LogP contribution in [0.15, 0.2) is 0 Å². The number of amides is 1. The van der Waals surface area contributed by atoms with E-state index in [2.05, 4.69) is 18.7 Å². The summed E-state index contributed by atoms with van der Waals surface area (Å²) in [5.41, 5.74) is 10.9. The van der Waals surface area contributed by atoms with Crippen molar-refractivity contribution in [2.24, 2.45) is 17.4 Å². The SMILES string of the molecule is CC1CCC(C)N(C(CN)CC(N)=O)C1. The molecule has 0 saturated carbocycles. The molecule has 0 aliphatic carbocycles. The zero-order valence-electron chi connectivity index (χ0n) is 9.78. The minimum absolute atomic E-state index is 0.125. The number of primary amides is 1. The zero-order valence-corrected chi connectivity index (χ0v) is 9.78. The van der Waals surface area contributed by atoms with Crippen LogP contribution in [0.1, 0.15) is 33.1 Å². The fourth-order valence-electron chi connectivity index (χ4n) is 2.40. The third-order valence-electron chi connectivity index (χ3n) is 3.34. The van der Waals surface area contributed by atoms with Crippen molar-refractivity contribution in [2.45, 2.75) is 45.2 Å². The molecule has 3 atom stereocenters. The van der Waals surface area contributed by atoms with E-state index in [1.807, 2.05) is 0 Å². The van der Waals surface area contributed by atoms with Crippen LogP contribution in [0.25, 0.3) is 0 Å². The molecule has 3 unspecified atom stereocenters. The Morgan fingerprint density at radius 1 is 1.47 bits per heavy atom. The maximum Gasteiger partial charge on any atom is 0.219 e. The molecule has 0 aromatic carbocycles. The molecule has 88 valence electrons. The number of carbonyl (C=O) groups excluding carboxylic acids is 1. The van der Waals surface area contributed by atoms with Crippen LogP contribution in [0.2, 0.25) is 0 Å². The quantitative estimate of drug-likeness (QED) is 0.706. The van der Waals surface area contributed by atoms with Gasteiger partial charge in [0.05, 0.1) is 0 Å². The summed E-state index contributed by atoms with van der Waals surface area (Å²) in [4.78, 5) is 13.3. The van der Waals surface area contributed by atoms with Gasteiger partial charge in [0, 0.05) is 31.6 Å². The van der Waals surface area contributed by atoms with E-state index in [9.17, 15) is 4.79 Å². The minimum atomic E-state index is -0.254. The van der Waals surface area contributed by atoms with Gasteiger partial charge in [-0.15, -0.1) is 0 Å². The van der Waals surface area contributed by atoms with Crippen molar-refractivity contribution in [2.75, 3.05) is 13.1 Å². The Morgan fingerprint density at radius 2 is 2.13 bits per heavy atom. The lowest BCUT2D eigenvalue weighted by Gasteiger charge is -2.41. The number of nitrogens with two attached hydrogens (primary N) is 2. The highest BCUT2D eigenvalue weighted by Crippen LogP contribution is 2.24. The zero-order chi connectivity index (χ0) is 11.4. The average molecular weight is 213 g/mol. The van der Waals surface area contributed by atoms with E-state index >= 15 is 0 Å². The van der Waals surface area contributed by atoms with Crippen molar-refractivity contribution in [1.29, 1.82) is 0 Å². The van der Waals surface area contributed by atoms with Crippen LogP contribution in [0.5, 0.6) is 0 Å². The van der Waals surface area contributed by atoms with Gasteiger partial charge < -0.3 is 11.5 Å². The van der Waals surface area contributed by atoms with Crippen LogP contribution < -0.4 is 11.5 Å². The molecule has 1 heterocycles. The number of nitrogens with zero attached hydrogens (tertiary/aromatic N) is 1. The summed E-state index contributed by atoms with van der Waals surface area (Å²) in [6, 6.07) is 0.648. The monoisotopic (exact) mass is 213 g/mol. The second kappa shape index (κ2) is 5.47. The molecule has 15 heavy (non-hydrogen) atoms. The van der Waals surface area contributed by atoms with Gasteiger partial charge in [-0.25, -0.2) is 0 Å².